The fraction of sp³-hybridized carbons (Fsp3) is 0.588. The first kappa shape index (κ1) is 13.9. The van der Waals surface area contributed by atoms with Crippen molar-refractivity contribution in [3.05, 3.63) is 34.3 Å². The molecular weight excluding hydrogens is 272 g/mol. The number of carbonyl (C=O) groups is 1. The fourth-order valence-corrected chi connectivity index (χ4v) is 4.64. The molecule has 1 saturated carbocycles. The maximum absolute atomic E-state index is 11.2. The molecule has 1 fully saturated rings. The van der Waals surface area contributed by atoms with Crippen molar-refractivity contribution >= 4 is 17.6 Å². The number of benzene rings is 1. The zero-order valence-corrected chi connectivity index (χ0v) is 12.5. The topological polar surface area (TPSA) is 37.3 Å². The van der Waals surface area contributed by atoms with E-state index < -0.39 is 5.97 Å². The first-order valence-electron chi connectivity index (χ1n) is 7.62. The van der Waals surface area contributed by atoms with Crippen molar-refractivity contribution in [2.75, 3.05) is 0 Å². The second-order valence-corrected chi connectivity index (χ2v) is 6.79. The van der Waals surface area contributed by atoms with Crippen molar-refractivity contribution < 1.29 is 9.90 Å². The predicted octanol–water partition coefficient (Wildman–Crippen LogP) is 4.58. The van der Waals surface area contributed by atoms with Gasteiger partial charge < -0.3 is 5.11 Å². The highest BCUT2D eigenvalue weighted by molar-refractivity contribution is 6.30. The lowest BCUT2D eigenvalue weighted by Crippen LogP contribution is -2.42. The van der Waals surface area contributed by atoms with Crippen LogP contribution in [0.4, 0.5) is 0 Å². The maximum Gasteiger partial charge on any atom is 0.303 e. The van der Waals surface area contributed by atoms with Gasteiger partial charge in [0, 0.05) is 11.4 Å². The molecule has 0 bridgehead atoms. The molecule has 3 rings (SSSR count). The molecule has 1 aromatic rings. The molecule has 0 aromatic heterocycles. The maximum atomic E-state index is 11.2. The summed E-state index contributed by atoms with van der Waals surface area (Å²) in [5.41, 5.74) is 2.83. The summed E-state index contributed by atoms with van der Waals surface area (Å²) in [6, 6.07) is 6.22. The quantitative estimate of drug-likeness (QED) is 0.866. The van der Waals surface area contributed by atoms with Crippen LogP contribution in [0.1, 0.15) is 56.1 Å². The summed E-state index contributed by atoms with van der Waals surface area (Å²) in [7, 11) is 0. The number of carboxylic acid groups (broad SMARTS) is 1. The Morgan fingerprint density at radius 2 is 2.05 bits per heavy atom. The van der Waals surface area contributed by atoms with Crippen LogP contribution in [0.2, 0.25) is 5.02 Å². The van der Waals surface area contributed by atoms with Crippen LogP contribution in [-0.4, -0.2) is 11.1 Å². The van der Waals surface area contributed by atoms with Gasteiger partial charge in [-0.2, -0.15) is 0 Å². The van der Waals surface area contributed by atoms with Crippen LogP contribution in [0.25, 0.3) is 0 Å². The van der Waals surface area contributed by atoms with Gasteiger partial charge in [-0.15, -0.1) is 0 Å². The van der Waals surface area contributed by atoms with E-state index in [0.29, 0.717) is 6.42 Å². The lowest BCUT2D eigenvalue weighted by molar-refractivity contribution is -0.139. The van der Waals surface area contributed by atoms with Gasteiger partial charge in [-0.05, 0) is 60.3 Å². The lowest BCUT2D eigenvalue weighted by Gasteiger charge is -2.48. The summed E-state index contributed by atoms with van der Waals surface area (Å²) in [4.78, 5) is 11.2. The van der Waals surface area contributed by atoms with E-state index in [1.54, 1.807) is 0 Å². The molecule has 0 aliphatic heterocycles. The highest BCUT2D eigenvalue weighted by atomic mass is 35.5. The molecule has 0 radical (unpaired) electrons. The first-order chi connectivity index (χ1) is 9.62. The zero-order valence-electron chi connectivity index (χ0n) is 11.7. The van der Waals surface area contributed by atoms with Crippen LogP contribution in [0.3, 0.4) is 0 Å². The molecule has 1 spiro atoms. The van der Waals surface area contributed by atoms with Gasteiger partial charge in [-0.1, -0.05) is 36.9 Å². The molecule has 0 saturated heterocycles. The summed E-state index contributed by atoms with van der Waals surface area (Å²) >= 11 is 6.13. The van der Waals surface area contributed by atoms with Crippen LogP contribution >= 0.6 is 11.6 Å². The van der Waals surface area contributed by atoms with Gasteiger partial charge in [-0.3, -0.25) is 4.79 Å². The molecule has 1 N–H and O–H groups in total. The standard InChI is InChI=1S/C17H21ClO2/c18-14-6-7-15-12(10-14)4-5-13(11-16(19)20)17(15)8-2-1-3-9-17/h6-7,10,13H,1-5,8-9,11H2,(H,19,20). The summed E-state index contributed by atoms with van der Waals surface area (Å²) in [5.74, 6) is -0.369. The average molecular weight is 293 g/mol. The summed E-state index contributed by atoms with van der Waals surface area (Å²) in [6.45, 7) is 0. The van der Waals surface area contributed by atoms with E-state index in [0.717, 1.165) is 30.7 Å². The Hall–Kier alpha value is -1.02. The smallest absolute Gasteiger partial charge is 0.303 e. The van der Waals surface area contributed by atoms with Crippen LogP contribution in [0.15, 0.2) is 18.2 Å². The van der Waals surface area contributed by atoms with Gasteiger partial charge in [-0.25, -0.2) is 0 Å². The number of aliphatic carboxylic acids is 1. The number of carboxylic acids is 1. The Kier molecular flexibility index (Phi) is 3.76. The lowest BCUT2D eigenvalue weighted by atomic mass is 9.56. The number of aryl methyl sites for hydroxylation is 1. The third kappa shape index (κ3) is 2.35. The van der Waals surface area contributed by atoms with Crippen LogP contribution < -0.4 is 0 Å². The van der Waals surface area contributed by atoms with Crippen molar-refractivity contribution in [2.24, 2.45) is 5.92 Å². The molecule has 1 atom stereocenters. The second kappa shape index (κ2) is 5.40. The molecule has 1 unspecified atom stereocenters. The van der Waals surface area contributed by atoms with E-state index in [2.05, 4.69) is 12.1 Å². The first-order valence-corrected chi connectivity index (χ1v) is 8.00. The Morgan fingerprint density at radius 3 is 2.75 bits per heavy atom. The predicted molar refractivity (Wildman–Crippen MR) is 80.3 cm³/mol. The van der Waals surface area contributed by atoms with Crippen molar-refractivity contribution in [2.45, 2.75) is 56.8 Å². The van der Waals surface area contributed by atoms with Crippen LogP contribution in [0.5, 0.6) is 0 Å². The Labute approximate surface area is 125 Å². The van der Waals surface area contributed by atoms with Gasteiger partial charge in [0.05, 0.1) is 0 Å². The average Bonchev–Trinajstić information content (AvgIpc) is 2.43. The second-order valence-electron chi connectivity index (χ2n) is 6.35. The number of hydrogen-bond donors (Lipinski definition) is 1. The van der Waals surface area contributed by atoms with E-state index in [9.17, 15) is 9.90 Å². The molecule has 2 aliphatic rings. The Bertz CT molecular complexity index is 518. The van der Waals surface area contributed by atoms with Gasteiger partial charge in [0.2, 0.25) is 0 Å². The number of rotatable bonds is 2. The van der Waals surface area contributed by atoms with Gasteiger partial charge in [0.15, 0.2) is 0 Å². The minimum Gasteiger partial charge on any atom is -0.481 e. The third-order valence-corrected chi connectivity index (χ3v) is 5.55. The minimum absolute atomic E-state index is 0.0921. The molecule has 108 valence electrons. The molecule has 1 aromatic carbocycles. The van der Waals surface area contributed by atoms with Crippen molar-refractivity contribution in [3.8, 4) is 0 Å². The zero-order chi connectivity index (χ0) is 14.2. The summed E-state index contributed by atoms with van der Waals surface area (Å²) in [6.07, 6.45) is 8.26. The van der Waals surface area contributed by atoms with Crippen molar-refractivity contribution in [1.29, 1.82) is 0 Å². The van der Waals surface area contributed by atoms with Crippen molar-refractivity contribution in [3.63, 3.8) is 0 Å². The van der Waals surface area contributed by atoms with Crippen LogP contribution in [-0.2, 0) is 16.6 Å². The van der Waals surface area contributed by atoms with Gasteiger partial charge in [0.25, 0.3) is 0 Å². The Morgan fingerprint density at radius 1 is 1.30 bits per heavy atom. The van der Waals surface area contributed by atoms with E-state index in [1.165, 1.54) is 30.4 Å². The number of fused-ring (bicyclic) bond motifs is 2. The fourth-order valence-electron chi connectivity index (χ4n) is 4.45. The molecule has 0 heterocycles. The molecule has 20 heavy (non-hydrogen) atoms. The normalized spacial score (nSPS) is 24.4. The summed E-state index contributed by atoms with van der Waals surface area (Å²) < 4.78 is 0. The van der Waals surface area contributed by atoms with E-state index in [1.807, 2.05) is 6.07 Å². The molecule has 2 aliphatic carbocycles. The highest BCUT2D eigenvalue weighted by Crippen LogP contribution is 2.52. The number of halogens is 1. The van der Waals surface area contributed by atoms with Gasteiger partial charge in [0.1, 0.15) is 0 Å². The monoisotopic (exact) mass is 292 g/mol. The van der Waals surface area contributed by atoms with Crippen molar-refractivity contribution in [1.82, 2.24) is 0 Å². The van der Waals surface area contributed by atoms with Gasteiger partial charge >= 0.3 is 5.97 Å². The highest BCUT2D eigenvalue weighted by Gasteiger charge is 2.45. The number of hydrogen-bond acceptors (Lipinski definition) is 1. The molecule has 3 heteroatoms. The van der Waals surface area contributed by atoms with E-state index in [4.69, 9.17) is 11.6 Å². The largest absolute Gasteiger partial charge is 0.481 e. The van der Waals surface area contributed by atoms with E-state index in [-0.39, 0.29) is 11.3 Å². The molecular formula is C17H21ClO2. The van der Waals surface area contributed by atoms with Crippen LogP contribution in [0, 0.1) is 5.92 Å². The molecule has 0 amide bonds. The third-order valence-electron chi connectivity index (χ3n) is 5.31. The molecule has 2 nitrogen and oxygen atoms in total. The van der Waals surface area contributed by atoms with E-state index >= 15 is 0 Å². The Balaban J connectivity index is 2.04. The SMILES string of the molecule is O=C(O)CC1CCc2cc(Cl)ccc2C12CCCCC2. The minimum atomic E-state index is -0.655. The summed E-state index contributed by atoms with van der Waals surface area (Å²) in [5, 5.41) is 10.0.